The van der Waals surface area contributed by atoms with Gasteiger partial charge in [-0.1, -0.05) is 12.8 Å². The Labute approximate surface area is 107 Å². The van der Waals surface area contributed by atoms with Gasteiger partial charge in [-0.25, -0.2) is 0 Å². The molecule has 5 heteroatoms. The molecule has 0 heterocycles. The first-order valence-electron chi connectivity index (χ1n) is 7.08. The molecule has 0 aromatic carbocycles. The van der Waals surface area contributed by atoms with Crippen molar-refractivity contribution >= 4 is 0 Å². The van der Waals surface area contributed by atoms with Crippen molar-refractivity contribution in [2.24, 2.45) is 11.8 Å². The molecule has 0 amide bonds. The van der Waals surface area contributed by atoms with Crippen LogP contribution in [0.5, 0.6) is 0 Å². The summed E-state index contributed by atoms with van der Waals surface area (Å²) in [4.78, 5) is 0. The van der Waals surface area contributed by atoms with Gasteiger partial charge in [0.1, 0.15) is 0 Å². The van der Waals surface area contributed by atoms with E-state index in [-0.39, 0.29) is 5.92 Å². The van der Waals surface area contributed by atoms with Crippen LogP contribution in [-0.2, 0) is 0 Å². The molecule has 0 aromatic heterocycles. The third-order valence-corrected chi connectivity index (χ3v) is 4.05. The maximum absolute atomic E-state index is 12.8. The van der Waals surface area contributed by atoms with Crippen LogP contribution in [0.3, 0.4) is 0 Å². The molecule has 0 bridgehead atoms. The highest BCUT2D eigenvalue weighted by atomic mass is 19.4. The van der Waals surface area contributed by atoms with Gasteiger partial charge in [-0.2, -0.15) is 13.2 Å². The summed E-state index contributed by atoms with van der Waals surface area (Å²) in [7, 11) is 0. The topological polar surface area (TPSA) is 24.1 Å². The molecule has 0 saturated heterocycles. The van der Waals surface area contributed by atoms with Gasteiger partial charge in [0, 0.05) is 19.1 Å². The van der Waals surface area contributed by atoms with Crippen molar-refractivity contribution in [2.75, 3.05) is 19.6 Å². The zero-order valence-corrected chi connectivity index (χ0v) is 10.7. The van der Waals surface area contributed by atoms with E-state index < -0.39 is 12.1 Å². The van der Waals surface area contributed by atoms with Crippen LogP contribution in [0.25, 0.3) is 0 Å². The van der Waals surface area contributed by atoms with Gasteiger partial charge < -0.3 is 10.6 Å². The summed E-state index contributed by atoms with van der Waals surface area (Å²) < 4.78 is 38.5. The lowest BCUT2D eigenvalue weighted by Gasteiger charge is -2.33. The lowest BCUT2D eigenvalue weighted by Crippen LogP contribution is -2.40. The SMILES string of the molecule is FC(F)(F)C1CCCCC1CNCCNC1CC1. The van der Waals surface area contributed by atoms with E-state index in [1.165, 1.54) is 12.8 Å². The largest absolute Gasteiger partial charge is 0.392 e. The van der Waals surface area contributed by atoms with E-state index in [9.17, 15) is 13.2 Å². The second-order valence-electron chi connectivity index (χ2n) is 5.63. The van der Waals surface area contributed by atoms with Gasteiger partial charge in [0.15, 0.2) is 0 Å². The van der Waals surface area contributed by atoms with Gasteiger partial charge in [0.2, 0.25) is 0 Å². The fraction of sp³-hybridized carbons (Fsp3) is 1.00. The van der Waals surface area contributed by atoms with E-state index in [2.05, 4.69) is 10.6 Å². The Bertz CT molecular complexity index is 251. The van der Waals surface area contributed by atoms with E-state index in [0.29, 0.717) is 25.4 Å². The molecule has 2 aliphatic rings. The number of nitrogens with one attached hydrogen (secondary N) is 2. The number of hydrogen-bond donors (Lipinski definition) is 2. The molecule has 2 nitrogen and oxygen atoms in total. The Kier molecular flexibility index (Phi) is 4.90. The van der Waals surface area contributed by atoms with Crippen molar-refractivity contribution in [3.05, 3.63) is 0 Å². The second kappa shape index (κ2) is 6.24. The zero-order valence-electron chi connectivity index (χ0n) is 10.7. The minimum atomic E-state index is -4.01. The maximum atomic E-state index is 12.8. The molecule has 106 valence electrons. The van der Waals surface area contributed by atoms with Crippen molar-refractivity contribution in [1.29, 1.82) is 0 Å². The minimum Gasteiger partial charge on any atom is -0.315 e. The molecular weight excluding hydrogens is 241 g/mol. The molecule has 2 N–H and O–H groups in total. The van der Waals surface area contributed by atoms with E-state index in [0.717, 1.165) is 25.9 Å². The van der Waals surface area contributed by atoms with Crippen LogP contribution in [0.1, 0.15) is 38.5 Å². The molecular formula is C13H23F3N2. The number of alkyl halides is 3. The van der Waals surface area contributed by atoms with Crippen LogP contribution in [0.4, 0.5) is 13.2 Å². The highest BCUT2D eigenvalue weighted by molar-refractivity contribution is 4.83. The van der Waals surface area contributed by atoms with E-state index in [4.69, 9.17) is 0 Å². The first-order valence-corrected chi connectivity index (χ1v) is 7.08. The standard InChI is InChI=1S/C13H23F3N2/c14-13(15,16)12-4-2-1-3-10(12)9-17-7-8-18-11-5-6-11/h10-12,17-18H,1-9H2. The molecule has 2 aliphatic carbocycles. The quantitative estimate of drug-likeness (QED) is 0.721. The monoisotopic (exact) mass is 264 g/mol. The predicted molar refractivity (Wildman–Crippen MR) is 65.4 cm³/mol. The Balaban J connectivity index is 1.64. The molecule has 0 radical (unpaired) electrons. The van der Waals surface area contributed by atoms with Crippen LogP contribution in [0.15, 0.2) is 0 Å². The van der Waals surface area contributed by atoms with Gasteiger partial charge in [-0.15, -0.1) is 0 Å². The molecule has 2 fully saturated rings. The predicted octanol–water partition coefficient (Wildman–Crippen LogP) is 2.70. The Morgan fingerprint density at radius 3 is 2.33 bits per heavy atom. The van der Waals surface area contributed by atoms with Gasteiger partial charge in [-0.05, 0) is 38.1 Å². The normalized spacial score (nSPS) is 29.5. The van der Waals surface area contributed by atoms with Crippen LogP contribution in [-0.4, -0.2) is 31.9 Å². The van der Waals surface area contributed by atoms with Crippen LogP contribution in [0, 0.1) is 11.8 Å². The number of halogens is 3. The second-order valence-corrected chi connectivity index (χ2v) is 5.63. The maximum Gasteiger partial charge on any atom is 0.392 e. The zero-order chi connectivity index (χ0) is 13.0. The van der Waals surface area contributed by atoms with E-state index in [1.54, 1.807) is 0 Å². The van der Waals surface area contributed by atoms with Crippen molar-refractivity contribution in [3.8, 4) is 0 Å². The molecule has 2 saturated carbocycles. The van der Waals surface area contributed by atoms with Gasteiger partial charge in [-0.3, -0.25) is 0 Å². The molecule has 2 atom stereocenters. The fourth-order valence-corrected chi connectivity index (χ4v) is 2.82. The van der Waals surface area contributed by atoms with Gasteiger partial charge >= 0.3 is 6.18 Å². The van der Waals surface area contributed by atoms with Crippen molar-refractivity contribution in [1.82, 2.24) is 10.6 Å². The highest BCUT2D eigenvalue weighted by Gasteiger charge is 2.44. The Morgan fingerprint density at radius 2 is 1.67 bits per heavy atom. The third kappa shape index (κ3) is 4.43. The lowest BCUT2D eigenvalue weighted by atomic mass is 9.79. The average Bonchev–Trinajstić information content (AvgIpc) is 3.12. The molecule has 0 spiro atoms. The number of hydrogen-bond acceptors (Lipinski definition) is 2. The minimum absolute atomic E-state index is 0.223. The van der Waals surface area contributed by atoms with Crippen molar-refractivity contribution < 1.29 is 13.2 Å². The third-order valence-electron chi connectivity index (χ3n) is 4.05. The van der Waals surface area contributed by atoms with E-state index in [1.807, 2.05) is 0 Å². The number of rotatable bonds is 6. The average molecular weight is 264 g/mol. The van der Waals surface area contributed by atoms with Crippen molar-refractivity contribution in [3.63, 3.8) is 0 Å². The summed E-state index contributed by atoms with van der Waals surface area (Å²) >= 11 is 0. The summed E-state index contributed by atoms with van der Waals surface area (Å²) in [5.74, 6) is -1.31. The van der Waals surface area contributed by atoms with Crippen molar-refractivity contribution in [2.45, 2.75) is 50.7 Å². The first-order chi connectivity index (χ1) is 8.57. The van der Waals surface area contributed by atoms with E-state index >= 15 is 0 Å². The van der Waals surface area contributed by atoms with Crippen LogP contribution < -0.4 is 10.6 Å². The highest BCUT2D eigenvalue weighted by Crippen LogP contribution is 2.41. The molecule has 2 rings (SSSR count). The smallest absolute Gasteiger partial charge is 0.315 e. The van der Waals surface area contributed by atoms with Gasteiger partial charge in [0.05, 0.1) is 5.92 Å². The fourth-order valence-electron chi connectivity index (χ4n) is 2.82. The molecule has 0 aromatic rings. The Hall–Kier alpha value is -0.290. The van der Waals surface area contributed by atoms with Crippen LogP contribution in [0.2, 0.25) is 0 Å². The summed E-state index contributed by atoms with van der Waals surface area (Å²) in [5.41, 5.74) is 0. The van der Waals surface area contributed by atoms with Crippen LogP contribution >= 0.6 is 0 Å². The summed E-state index contributed by atoms with van der Waals surface area (Å²) in [6.07, 6.45) is 1.18. The molecule has 2 unspecified atom stereocenters. The molecule has 0 aliphatic heterocycles. The summed E-state index contributed by atoms with van der Waals surface area (Å²) in [6, 6.07) is 0.671. The first kappa shape index (κ1) is 14.1. The Morgan fingerprint density at radius 1 is 0.944 bits per heavy atom. The van der Waals surface area contributed by atoms with Gasteiger partial charge in [0.25, 0.3) is 0 Å². The lowest BCUT2D eigenvalue weighted by molar-refractivity contribution is -0.195. The summed E-state index contributed by atoms with van der Waals surface area (Å²) in [5, 5.41) is 6.53. The molecule has 18 heavy (non-hydrogen) atoms. The summed E-state index contributed by atoms with van der Waals surface area (Å²) in [6.45, 7) is 2.15.